The van der Waals surface area contributed by atoms with Gasteiger partial charge in [-0.05, 0) is 52.1 Å². The average molecular weight is 269 g/mol. The zero-order chi connectivity index (χ0) is 14.3. The molecule has 0 aliphatic carbocycles. The van der Waals surface area contributed by atoms with Crippen LogP contribution in [0.3, 0.4) is 0 Å². The average Bonchev–Trinajstić information content (AvgIpc) is 2.56. The molecule has 0 aromatic heterocycles. The van der Waals surface area contributed by atoms with Gasteiger partial charge in [0, 0.05) is 5.54 Å². The van der Waals surface area contributed by atoms with Crippen LogP contribution >= 0.6 is 0 Å². The van der Waals surface area contributed by atoms with Crippen molar-refractivity contribution in [3.05, 3.63) is 0 Å². The summed E-state index contributed by atoms with van der Waals surface area (Å²) < 4.78 is 5.18. The van der Waals surface area contributed by atoms with Gasteiger partial charge in [-0.1, -0.05) is 26.7 Å². The summed E-state index contributed by atoms with van der Waals surface area (Å²) >= 11 is 0. The van der Waals surface area contributed by atoms with Gasteiger partial charge in [-0.15, -0.1) is 0 Å². The maximum atomic E-state index is 11.9. The van der Waals surface area contributed by atoms with Crippen LogP contribution in [0.25, 0.3) is 0 Å². The van der Waals surface area contributed by atoms with Crippen molar-refractivity contribution in [3.8, 4) is 0 Å². The molecule has 3 heteroatoms. The van der Waals surface area contributed by atoms with Crippen LogP contribution < -0.4 is 0 Å². The first-order valence-corrected chi connectivity index (χ1v) is 7.88. The first kappa shape index (κ1) is 16.5. The van der Waals surface area contributed by atoms with Gasteiger partial charge in [0.1, 0.15) is 0 Å². The summed E-state index contributed by atoms with van der Waals surface area (Å²) in [7, 11) is 0. The molecule has 0 saturated carbocycles. The number of likely N-dealkylation sites (tertiary alicyclic amines) is 1. The molecular weight excluding hydrogens is 238 g/mol. The van der Waals surface area contributed by atoms with Crippen molar-refractivity contribution in [2.75, 3.05) is 19.7 Å². The van der Waals surface area contributed by atoms with Gasteiger partial charge in [0.05, 0.1) is 13.0 Å². The third kappa shape index (κ3) is 5.52. The van der Waals surface area contributed by atoms with E-state index in [0.717, 1.165) is 19.5 Å². The maximum Gasteiger partial charge on any atom is 0.307 e. The lowest BCUT2D eigenvalue weighted by molar-refractivity contribution is -0.146. The van der Waals surface area contributed by atoms with Gasteiger partial charge in [0.15, 0.2) is 0 Å². The number of rotatable bonds is 6. The van der Waals surface area contributed by atoms with E-state index in [1.54, 1.807) is 0 Å². The van der Waals surface area contributed by atoms with Gasteiger partial charge in [-0.2, -0.15) is 0 Å². The Labute approximate surface area is 118 Å². The van der Waals surface area contributed by atoms with E-state index in [2.05, 4.69) is 25.7 Å². The molecule has 1 heterocycles. The molecule has 0 N–H and O–H groups in total. The van der Waals surface area contributed by atoms with E-state index < -0.39 is 0 Å². The fraction of sp³-hybridized carbons (Fsp3) is 0.938. The summed E-state index contributed by atoms with van der Waals surface area (Å²) in [5, 5.41) is 0. The van der Waals surface area contributed by atoms with Crippen molar-refractivity contribution in [1.29, 1.82) is 0 Å². The predicted octanol–water partition coefficient (Wildman–Crippen LogP) is 3.62. The quantitative estimate of drug-likeness (QED) is 0.690. The van der Waals surface area contributed by atoms with Crippen LogP contribution in [0.2, 0.25) is 0 Å². The van der Waals surface area contributed by atoms with Crippen LogP contribution in [0, 0.1) is 5.92 Å². The Balaban J connectivity index is 2.74. The van der Waals surface area contributed by atoms with Crippen molar-refractivity contribution in [1.82, 2.24) is 4.90 Å². The highest BCUT2D eigenvalue weighted by molar-refractivity contribution is 5.70. The number of hydrogen-bond donors (Lipinski definition) is 0. The first-order chi connectivity index (χ1) is 8.98. The Morgan fingerprint density at radius 3 is 2.26 bits per heavy atom. The lowest BCUT2D eigenvalue weighted by Gasteiger charge is -2.41. The second-order valence-corrected chi connectivity index (χ2v) is 6.48. The van der Waals surface area contributed by atoms with Crippen LogP contribution in [0.15, 0.2) is 0 Å². The largest absolute Gasteiger partial charge is 0.466 e. The highest BCUT2D eigenvalue weighted by atomic mass is 16.5. The molecule has 19 heavy (non-hydrogen) atoms. The number of nitrogens with zero attached hydrogens (tertiary/aromatic N) is 1. The van der Waals surface area contributed by atoms with E-state index in [1.165, 1.54) is 25.7 Å². The van der Waals surface area contributed by atoms with Gasteiger partial charge in [-0.25, -0.2) is 0 Å². The van der Waals surface area contributed by atoms with Crippen molar-refractivity contribution < 1.29 is 9.53 Å². The number of carbonyl (C=O) groups excluding carboxylic acids is 1. The number of hydrogen-bond acceptors (Lipinski definition) is 3. The SMILES string of the molecule is CCOC(=O)CC(C)(CC(C)C)N1CCCCCC1. The molecule has 0 bridgehead atoms. The van der Waals surface area contributed by atoms with Gasteiger partial charge >= 0.3 is 5.97 Å². The maximum absolute atomic E-state index is 11.9. The molecule has 1 aliphatic rings. The molecule has 3 nitrogen and oxygen atoms in total. The van der Waals surface area contributed by atoms with Gasteiger partial charge in [-0.3, -0.25) is 9.69 Å². The van der Waals surface area contributed by atoms with Crippen molar-refractivity contribution in [2.45, 2.75) is 71.8 Å². The zero-order valence-corrected chi connectivity index (χ0v) is 13.2. The number of esters is 1. The second kappa shape index (κ2) is 7.88. The molecular formula is C16H31NO2. The van der Waals surface area contributed by atoms with Crippen LogP contribution in [0.1, 0.15) is 66.2 Å². The molecule has 0 aromatic carbocycles. The third-order valence-corrected chi connectivity index (χ3v) is 4.05. The molecule has 1 fully saturated rings. The normalized spacial score (nSPS) is 20.9. The minimum Gasteiger partial charge on any atom is -0.466 e. The molecule has 1 atom stereocenters. The fourth-order valence-electron chi connectivity index (χ4n) is 3.33. The van der Waals surface area contributed by atoms with Crippen LogP contribution in [-0.2, 0) is 9.53 Å². The van der Waals surface area contributed by atoms with E-state index in [9.17, 15) is 4.79 Å². The van der Waals surface area contributed by atoms with E-state index in [-0.39, 0.29) is 11.5 Å². The first-order valence-electron chi connectivity index (χ1n) is 7.88. The summed E-state index contributed by atoms with van der Waals surface area (Å²) in [5.41, 5.74) is -0.0369. The summed E-state index contributed by atoms with van der Waals surface area (Å²) in [6.45, 7) is 11.3. The molecule has 1 unspecified atom stereocenters. The standard InChI is InChI=1S/C16H31NO2/c1-5-19-15(18)13-16(4,12-14(2)3)17-10-8-6-7-9-11-17/h14H,5-13H2,1-4H3. The molecule has 0 radical (unpaired) electrons. The molecule has 112 valence electrons. The van der Waals surface area contributed by atoms with Crippen LogP contribution in [0.4, 0.5) is 0 Å². The van der Waals surface area contributed by atoms with E-state index in [4.69, 9.17) is 4.74 Å². The Hall–Kier alpha value is -0.570. The fourth-order valence-corrected chi connectivity index (χ4v) is 3.33. The molecule has 1 rings (SSSR count). The second-order valence-electron chi connectivity index (χ2n) is 6.48. The Morgan fingerprint density at radius 1 is 1.21 bits per heavy atom. The summed E-state index contributed by atoms with van der Waals surface area (Å²) in [6, 6.07) is 0. The number of ether oxygens (including phenoxy) is 1. The summed E-state index contributed by atoms with van der Waals surface area (Å²) in [6.07, 6.45) is 6.76. The van der Waals surface area contributed by atoms with Gasteiger partial charge < -0.3 is 4.74 Å². The zero-order valence-electron chi connectivity index (χ0n) is 13.2. The Bertz CT molecular complexity index is 270. The van der Waals surface area contributed by atoms with Crippen LogP contribution in [0.5, 0.6) is 0 Å². The third-order valence-electron chi connectivity index (χ3n) is 4.05. The molecule has 1 saturated heterocycles. The van der Waals surface area contributed by atoms with Crippen molar-refractivity contribution >= 4 is 5.97 Å². The van der Waals surface area contributed by atoms with E-state index in [0.29, 0.717) is 18.9 Å². The number of carbonyl (C=O) groups is 1. The smallest absolute Gasteiger partial charge is 0.307 e. The summed E-state index contributed by atoms with van der Waals surface area (Å²) in [4.78, 5) is 14.5. The van der Waals surface area contributed by atoms with Crippen molar-refractivity contribution in [2.24, 2.45) is 5.92 Å². The monoisotopic (exact) mass is 269 g/mol. The lowest BCUT2D eigenvalue weighted by Crippen LogP contribution is -2.49. The van der Waals surface area contributed by atoms with E-state index in [1.807, 2.05) is 6.92 Å². The van der Waals surface area contributed by atoms with Crippen molar-refractivity contribution in [3.63, 3.8) is 0 Å². The van der Waals surface area contributed by atoms with E-state index >= 15 is 0 Å². The highest BCUT2D eigenvalue weighted by Crippen LogP contribution is 2.30. The topological polar surface area (TPSA) is 29.5 Å². The molecule has 0 spiro atoms. The highest BCUT2D eigenvalue weighted by Gasteiger charge is 2.35. The van der Waals surface area contributed by atoms with Gasteiger partial charge in [0.25, 0.3) is 0 Å². The predicted molar refractivity (Wildman–Crippen MR) is 79.2 cm³/mol. The minimum atomic E-state index is -0.0464. The minimum absolute atomic E-state index is 0.0369. The lowest BCUT2D eigenvalue weighted by atomic mass is 9.85. The Kier molecular flexibility index (Phi) is 6.84. The van der Waals surface area contributed by atoms with Crippen LogP contribution in [-0.4, -0.2) is 36.1 Å². The Morgan fingerprint density at radius 2 is 1.79 bits per heavy atom. The summed E-state index contributed by atoms with van der Waals surface area (Å²) in [5.74, 6) is 0.553. The van der Waals surface area contributed by atoms with Gasteiger partial charge in [0.2, 0.25) is 0 Å². The molecule has 1 aliphatic heterocycles. The molecule has 0 aromatic rings. The molecule has 0 amide bonds.